The van der Waals surface area contributed by atoms with Gasteiger partial charge >= 0.3 is 5.97 Å². The molecule has 4 rings (SSSR count). The van der Waals surface area contributed by atoms with Crippen LogP contribution in [0.2, 0.25) is 5.02 Å². The van der Waals surface area contributed by atoms with E-state index in [1.807, 2.05) is 33.4 Å². The molecule has 7 nitrogen and oxygen atoms in total. The number of carbonyl (C=O) groups excluding carboxylic acids is 2. The molecule has 1 saturated heterocycles. The summed E-state index contributed by atoms with van der Waals surface area (Å²) < 4.78 is 5.40. The highest BCUT2D eigenvalue weighted by Gasteiger charge is 2.42. The van der Waals surface area contributed by atoms with Crippen LogP contribution in [-0.4, -0.2) is 71.6 Å². The Bertz CT molecular complexity index is 1060. The number of likely N-dealkylation sites (N-methyl/N-ethyl adjacent to an activating group) is 1. The normalized spacial score (nSPS) is 20.9. The SMILES string of the molecule is C=CCOC(=O)C1=C(C)N=C2SC=C(CC(=O)N3CCN(C)CC3)N2C1c1ccccc1Cl. The van der Waals surface area contributed by atoms with Gasteiger partial charge in [0.25, 0.3) is 0 Å². The van der Waals surface area contributed by atoms with Crippen LogP contribution in [-0.2, 0) is 14.3 Å². The molecule has 0 aromatic heterocycles. The van der Waals surface area contributed by atoms with E-state index in [4.69, 9.17) is 16.3 Å². The predicted octanol–water partition coefficient (Wildman–Crippen LogP) is 3.81. The summed E-state index contributed by atoms with van der Waals surface area (Å²) in [6.07, 6.45) is 1.76. The molecule has 0 N–H and O–H groups in total. The Kier molecular flexibility index (Phi) is 7.26. The number of thioether (sulfide) groups is 1. The third-order valence-corrected chi connectivity index (χ3v) is 7.17. The molecule has 0 saturated carbocycles. The Labute approximate surface area is 203 Å². The zero-order chi connectivity index (χ0) is 23.5. The number of hydrogen-bond acceptors (Lipinski definition) is 7. The molecule has 9 heteroatoms. The molecule has 3 heterocycles. The Hall–Kier alpha value is -2.55. The van der Waals surface area contributed by atoms with Gasteiger partial charge in [-0.1, -0.05) is 54.2 Å². The Balaban J connectivity index is 1.67. The maximum Gasteiger partial charge on any atom is 0.338 e. The number of fused-ring (bicyclic) bond motifs is 1. The van der Waals surface area contributed by atoms with Gasteiger partial charge in [0, 0.05) is 36.9 Å². The molecule has 1 aromatic rings. The monoisotopic (exact) mass is 486 g/mol. The molecule has 3 aliphatic rings. The van der Waals surface area contributed by atoms with Crippen molar-refractivity contribution < 1.29 is 14.3 Å². The number of amides is 1. The Morgan fingerprint density at radius 3 is 2.70 bits per heavy atom. The highest BCUT2D eigenvalue weighted by atomic mass is 35.5. The van der Waals surface area contributed by atoms with E-state index in [1.165, 1.54) is 17.8 Å². The van der Waals surface area contributed by atoms with Gasteiger partial charge in [-0.25, -0.2) is 9.79 Å². The predicted molar refractivity (Wildman–Crippen MR) is 132 cm³/mol. The van der Waals surface area contributed by atoms with Crippen LogP contribution >= 0.6 is 23.4 Å². The molecule has 3 aliphatic heterocycles. The highest BCUT2D eigenvalue weighted by molar-refractivity contribution is 8.16. The number of benzene rings is 1. The fourth-order valence-electron chi connectivity index (χ4n) is 4.16. The van der Waals surface area contributed by atoms with Crippen LogP contribution in [0.5, 0.6) is 0 Å². The number of rotatable bonds is 6. The minimum atomic E-state index is -0.537. The van der Waals surface area contributed by atoms with Crippen molar-refractivity contribution in [2.45, 2.75) is 19.4 Å². The number of aliphatic imine (C=N–C) groups is 1. The van der Waals surface area contributed by atoms with E-state index in [2.05, 4.69) is 23.5 Å². The summed E-state index contributed by atoms with van der Waals surface area (Å²) in [5, 5.41) is 3.20. The van der Waals surface area contributed by atoms with Crippen molar-refractivity contribution in [3.8, 4) is 0 Å². The van der Waals surface area contributed by atoms with Crippen molar-refractivity contribution in [2.75, 3.05) is 39.8 Å². The van der Waals surface area contributed by atoms with Crippen molar-refractivity contribution in [2.24, 2.45) is 4.99 Å². The van der Waals surface area contributed by atoms with Crippen molar-refractivity contribution >= 4 is 40.4 Å². The lowest BCUT2D eigenvalue weighted by molar-refractivity contribution is -0.138. The largest absolute Gasteiger partial charge is 0.458 e. The van der Waals surface area contributed by atoms with Crippen LogP contribution in [0.3, 0.4) is 0 Å². The molecule has 1 aromatic carbocycles. The molecular formula is C24H27ClN4O3S. The lowest BCUT2D eigenvalue weighted by atomic mass is 9.93. The fraction of sp³-hybridized carbons (Fsp3) is 0.375. The number of ether oxygens (including phenoxy) is 1. The number of piperazine rings is 1. The summed E-state index contributed by atoms with van der Waals surface area (Å²) in [5.41, 5.74) is 2.55. The molecule has 0 radical (unpaired) electrons. The molecule has 1 amide bonds. The zero-order valence-electron chi connectivity index (χ0n) is 18.8. The number of amidine groups is 1. The van der Waals surface area contributed by atoms with Crippen molar-refractivity contribution in [3.63, 3.8) is 0 Å². The van der Waals surface area contributed by atoms with Crippen LogP contribution < -0.4 is 0 Å². The third-order valence-electron chi connectivity index (χ3n) is 5.94. The number of nitrogens with zero attached hydrogens (tertiary/aromatic N) is 4. The van der Waals surface area contributed by atoms with Crippen LogP contribution in [0, 0.1) is 0 Å². The minimum absolute atomic E-state index is 0.0659. The maximum atomic E-state index is 13.1. The molecular weight excluding hydrogens is 460 g/mol. The second-order valence-corrected chi connectivity index (χ2v) is 9.41. The van der Waals surface area contributed by atoms with E-state index in [0.717, 1.165) is 29.5 Å². The van der Waals surface area contributed by atoms with Crippen LogP contribution in [0.4, 0.5) is 0 Å². The number of carbonyl (C=O) groups is 2. The summed E-state index contributed by atoms with van der Waals surface area (Å²) in [6, 6.07) is 6.89. The van der Waals surface area contributed by atoms with E-state index < -0.39 is 12.0 Å². The lowest BCUT2D eigenvalue weighted by Crippen LogP contribution is -2.47. The Morgan fingerprint density at radius 2 is 2.00 bits per heavy atom. The average molecular weight is 487 g/mol. The highest BCUT2D eigenvalue weighted by Crippen LogP contribution is 2.46. The first-order chi connectivity index (χ1) is 15.9. The van der Waals surface area contributed by atoms with Gasteiger partial charge in [0.15, 0.2) is 5.17 Å². The van der Waals surface area contributed by atoms with Gasteiger partial charge in [0.1, 0.15) is 6.61 Å². The second-order valence-electron chi connectivity index (χ2n) is 8.16. The number of hydrogen-bond donors (Lipinski definition) is 0. The van der Waals surface area contributed by atoms with Gasteiger partial charge in [-0.3, -0.25) is 4.79 Å². The smallest absolute Gasteiger partial charge is 0.338 e. The summed E-state index contributed by atoms with van der Waals surface area (Å²) in [4.78, 5) is 36.9. The van der Waals surface area contributed by atoms with Gasteiger partial charge in [-0.15, -0.1) is 0 Å². The first-order valence-electron chi connectivity index (χ1n) is 10.8. The number of esters is 1. The Morgan fingerprint density at radius 1 is 1.27 bits per heavy atom. The van der Waals surface area contributed by atoms with Gasteiger partial charge in [-0.05, 0) is 31.0 Å². The van der Waals surface area contributed by atoms with E-state index in [0.29, 0.717) is 29.4 Å². The molecule has 0 aliphatic carbocycles. The standard InChI is InChI=1S/C24H27ClN4O3S/c1-4-13-32-23(31)21-16(2)26-24-29(22(21)18-7-5-6-8-19(18)25)17(15-33-24)14-20(30)28-11-9-27(3)10-12-28/h4-8,15,22H,1,9-14H2,2-3H3. The summed E-state index contributed by atoms with van der Waals surface area (Å²) >= 11 is 8.05. The molecule has 174 valence electrons. The molecule has 33 heavy (non-hydrogen) atoms. The fourth-order valence-corrected chi connectivity index (χ4v) is 5.36. The van der Waals surface area contributed by atoms with Crippen LogP contribution in [0.15, 0.2) is 64.3 Å². The summed E-state index contributed by atoms with van der Waals surface area (Å²) in [7, 11) is 2.06. The van der Waals surface area contributed by atoms with E-state index in [9.17, 15) is 9.59 Å². The summed E-state index contributed by atoms with van der Waals surface area (Å²) in [6.45, 7) is 8.66. The van der Waals surface area contributed by atoms with Crippen molar-refractivity contribution in [1.82, 2.24) is 14.7 Å². The van der Waals surface area contributed by atoms with Crippen LogP contribution in [0.1, 0.15) is 24.9 Å². The van der Waals surface area contributed by atoms with E-state index in [1.54, 1.807) is 13.0 Å². The molecule has 0 spiro atoms. The first kappa shape index (κ1) is 23.6. The molecule has 1 fully saturated rings. The topological polar surface area (TPSA) is 65.5 Å². The molecule has 0 bridgehead atoms. The van der Waals surface area contributed by atoms with Gasteiger partial charge in [0.2, 0.25) is 5.91 Å². The quantitative estimate of drug-likeness (QED) is 0.450. The van der Waals surface area contributed by atoms with Crippen molar-refractivity contribution in [1.29, 1.82) is 0 Å². The minimum Gasteiger partial charge on any atom is -0.458 e. The van der Waals surface area contributed by atoms with Gasteiger partial charge in [-0.2, -0.15) is 0 Å². The van der Waals surface area contributed by atoms with Gasteiger partial charge in [0.05, 0.1) is 23.7 Å². The lowest BCUT2D eigenvalue weighted by Gasteiger charge is -2.37. The molecule has 1 atom stereocenters. The average Bonchev–Trinajstić information content (AvgIpc) is 3.19. The van der Waals surface area contributed by atoms with E-state index >= 15 is 0 Å². The zero-order valence-corrected chi connectivity index (χ0v) is 20.4. The summed E-state index contributed by atoms with van der Waals surface area (Å²) in [5.74, 6) is -0.405. The maximum absolute atomic E-state index is 13.1. The number of halogens is 1. The van der Waals surface area contributed by atoms with E-state index in [-0.39, 0.29) is 18.9 Å². The number of allylic oxidation sites excluding steroid dienone is 1. The van der Waals surface area contributed by atoms with Crippen LogP contribution in [0.25, 0.3) is 0 Å². The second kappa shape index (κ2) is 10.2. The first-order valence-corrected chi connectivity index (χ1v) is 12.1. The van der Waals surface area contributed by atoms with Gasteiger partial charge < -0.3 is 19.4 Å². The molecule has 1 unspecified atom stereocenters. The third kappa shape index (κ3) is 4.88. The van der Waals surface area contributed by atoms with Crippen molar-refractivity contribution in [3.05, 3.63) is 69.9 Å².